The Labute approximate surface area is 135 Å². The molecule has 0 fully saturated rings. The summed E-state index contributed by atoms with van der Waals surface area (Å²) in [6, 6.07) is 8.86. The number of rotatable bonds is 4. The van der Waals surface area contributed by atoms with Gasteiger partial charge in [0, 0.05) is 18.4 Å². The summed E-state index contributed by atoms with van der Waals surface area (Å²) in [6.07, 6.45) is 3.35. The van der Waals surface area contributed by atoms with E-state index in [9.17, 15) is 14.4 Å². The lowest BCUT2D eigenvalue weighted by Gasteiger charge is -2.31. The van der Waals surface area contributed by atoms with Crippen LogP contribution in [0.5, 0.6) is 0 Å². The van der Waals surface area contributed by atoms with Crippen LogP contribution in [0.15, 0.2) is 42.5 Å². The molecule has 2 rings (SSSR count). The Balaban J connectivity index is 2.30. The van der Waals surface area contributed by atoms with Crippen LogP contribution in [0.1, 0.15) is 38.7 Å². The zero-order valence-electron chi connectivity index (χ0n) is 13.6. The van der Waals surface area contributed by atoms with Gasteiger partial charge in [0.1, 0.15) is 11.9 Å². The predicted molar refractivity (Wildman–Crippen MR) is 85.9 cm³/mol. The van der Waals surface area contributed by atoms with Gasteiger partial charge in [0.05, 0.1) is 6.04 Å². The molecule has 1 aromatic rings. The van der Waals surface area contributed by atoms with Crippen LogP contribution < -0.4 is 0 Å². The minimum Gasteiger partial charge on any atom is -0.443 e. The van der Waals surface area contributed by atoms with Gasteiger partial charge < -0.3 is 9.53 Å². The molecule has 1 aliphatic rings. The van der Waals surface area contributed by atoms with Crippen LogP contribution in [0.2, 0.25) is 0 Å². The highest BCUT2D eigenvalue weighted by Gasteiger charge is 2.39. The normalized spacial score (nSPS) is 18.8. The van der Waals surface area contributed by atoms with E-state index in [1.165, 1.54) is 6.08 Å². The molecule has 2 amide bonds. The number of nitrogens with zero attached hydrogens (tertiary/aromatic N) is 1. The van der Waals surface area contributed by atoms with Crippen LogP contribution in [-0.2, 0) is 14.3 Å². The quantitative estimate of drug-likeness (QED) is 0.801. The predicted octanol–water partition coefficient (Wildman–Crippen LogP) is 3.06. The van der Waals surface area contributed by atoms with Gasteiger partial charge >= 0.3 is 6.09 Å². The van der Waals surface area contributed by atoms with Gasteiger partial charge in [-0.1, -0.05) is 36.4 Å². The summed E-state index contributed by atoms with van der Waals surface area (Å²) in [5.41, 5.74) is 0.203. The summed E-state index contributed by atoms with van der Waals surface area (Å²) in [5, 5.41) is 0. The van der Waals surface area contributed by atoms with Gasteiger partial charge in [-0.25, -0.2) is 9.69 Å². The molecule has 0 N–H and O–H groups in total. The summed E-state index contributed by atoms with van der Waals surface area (Å²) >= 11 is 0. The Morgan fingerprint density at radius 2 is 1.96 bits per heavy atom. The lowest BCUT2D eigenvalue weighted by atomic mass is 9.89. The van der Waals surface area contributed by atoms with Gasteiger partial charge in [-0.15, -0.1) is 0 Å². The summed E-state index contributed by atoms with van der Waals surface area (Å²) in [4.78, 5) is 36.7. The van der Waals surface area contributed by atoms with E-state index in [4.69, 9.17) is 4.74 Å². The van der Waals surface area contributed by atoms with E-state index in [1.807, 2.05) is 30.3 Å². The van der Waals surface area contributed by atoms with Crippen molar-refractivity contribution in [1.82, 2.24) is 4.90 Å². The Morgan fingerprint density at radius 1 is 1.30 bits per heavy atom. The van der Waals surface area contributed by atoms with Crippen molar-refractivity contribution in [1.29, 1.82) is 0 Å². The van der Waals surface area contributed by atoms with Crippen molar-refractivity contribution in [3.8, 4) is 0 Å². The number of carbonyl (C=O) groups is 3. The van der Waals surface area contributed by atoms with Gasteiger partial charge in [0.15, 0.2) is 0 Å². The fraction of sp³-hybridized carbons (Fsp3) is 0.389. The molecule has 0 radical (unpaired) electrons. The third-order valence-electron chi connectivity index (χ3n) is 3.55. The van der Waals surface area contributed by atoms with Crippen LogP contribution in [0.25, 0.3) is 0 Å². The number of hydrogen-bond acceptors (Lipinski definition) is 4. The third-order valence-corrected chi connectivity index (χ3v) is 3.55. The van der Waals surface area contributed by atoms with E-state index in [0.717, 1.165) is 16.7 Å². The number of benzene rings is 1. The molecule has 122 valence electrons. The van der Waals surface area contributed by atoms with Crippen molar-refractivity contribution in [2.24, 2.45) is 0 Å². The molecule has 1 aliphatic heterocycles. The SMILES string of the molecule is CC(C)(C)OC(=O)N1C(=O)C=C[C@@H]1[C@@H](CC=O)c1ccccc1. The van der Waals surface area contributed by atoms with E-state index < -0.39 is 23.6 Å². The number of amides is 2. The van der Waals surface area contributed by atoms with E-state index >= 15 is 0 Å². The molecule has 0 saturated carbocycles. The number of carbonyl (C=O) groups excluding carboxylic acids is 3. The molecular weight excluding hydrogens is 294 g/mol. The molecule has 0 bridgehead atoms. The topological polar surface area (TPSA) is 63.7 Å². The molecule has 0 aliphatic carbocycles. The van der Waals surface area contributed by atoms with Crippen molar-refractivity contribution in [3.05, 3.63) is 48.0 Å². The van der Waals surface area contributed by atoms with E-state index in [0.29, 0.717) is 0 Å². The van der Waals surface area contributed by atoms with Crippen molar-refractivity contribution in [2.45, 2.75) is 44.8 Å². The average molecular weight is 315 g/mol. The Bertz CT molecular complexity index is 616. The van der Waals surface area contributed by atoms with Crippen LogP contribution in [0.3, 0.4) is 0 Å². The van der Waals surface area contributed by atoms with Crippen molar-refractivity contribution in [3.63, 3.8) is 0 Å². The van der Waals surface area contributed by atoms with Crippen molar-refractivity contribution >= 4 is 18.3 Å². The lowest BCUT2D eigenvalue weighted by Crippen LogP contribution is -2.45. The highest BCUT2D eigenvalue weighted by Crippen LogP contribution is 2.31. The lowest BCUT2D eigenvalue weighted by molar-refractivity contribution is -0.126. The monoisotopic (exact) mass is 315 g/mol. The molecule has 23 heavy (non-hydrogen) atoms. The standard InChI is InChI=1S/C18H21NO4/c1-18(2,3)23-17(22)19-15(9-10-16(19)21)14(11-12-20)13-7-5-4-6-8-13/h4-10,12,14-15H,11H2,1-3H3/t14-,15+/m0/s1. The zero-order valence-corrected chi connectivity index (χ0v) is 13.6. The van der Waals surface area contributed by atoms with Crippen LogP contribution in [-0.4, -0.2) is 34.8 Å². The summed E-state index contributed by atoms with van der Waals surface area (Å²) in [5.74, 6) is -0.708. The second kappa shape index (κ2) is 6.77. The first kappa shape index (κ1) is 16.9. The fourth-order valence-electron chi connectivity index (χ4n) is 2.61. The van der Waals surface area contributed by atoms with Crippen LogP contribution >= 0.6 is 0 Å². The molecule has 2 atom stereocenters. The first-order chi connectivity index (χ1) is 10.8. The number of hydrogen-bond donors (Lipinski definition) is 0. The molecule has 0 aromatic heterocycles. The number of imide groups is 1. The number of aldehydes is 1. The van der Waals surface area contributed by atoms with E-state index in [1.54, 1.807) is 26.8 Å². The molecule has 5 nitrogen and oxygen atoms in total. The highest BCUT2D eigenvalue weighted by molar-refractivity contribution is 6.01. The van der Waals surface area contributed by atoms with Crippen LogP contribution in [0.4, 0.5) is 4.79 Å². The first-order valence-electron chi connectivity index (χ1n) is 7.56. The smallest absolute Gasteiger partial charge is 0.417 e. The minimum absolute atomic E-state index is 0.214. The Morgan fingerprint density at radius 3 is 2.52 bits per heavy atom. The summed E-state index contributed by atoms with van der Waals surface area (Å²) < 4.78 is 5.32. The minimum atomic E-state index is -0.697. The summed E-state index contributed by atoms with van der Waals surface area (Å²) in [6.45, 7) is 5.23. The summed E-state index contributed by atoms with van der Waals surface area (Å²) in [7, 11) is 0. The van der Waals surface area contributed by atoms with Gasteiger partial charge in [0.2, 0.25) is 0 Å². The Kier molecular flexibility index (Phi) is 4.98. The van der Waals surface area contributed by atoms with Gasteiger partial charge in [0.25, 0.3) is 5.91 Å². The van der Waals surface area contributed by atoms with E-state index in [-0.39, 0.29) is 12.3 Å². The first-order valence-corrected chi connectivity index (χ1v) is 7.56. The largest absolute Gasteiger partial charge is 0.443 e. The fourth-order valence-corrected chi connectivity index (χ4v) is 2.61. The van der Waals surface area contributed by atoms with E-state index in [2.05, 4.69) is 0 Å². The number of ether oxygens (including phenoxy) is 1. The van der Waals surface area contributed by atoms with Gasteiger partial charge in [-0.3, -0.25) is 4.79 Å². The molecule has 1 heterocycles. The molecule has 1 aromatic carbocycles. The Hall–Kier alpha value is -2.43. The van der Waals surface area contributed by atoms with Crippen LogP contribution in [0, 0.1) is 0 Å². The second-order valence-electron chi connectivity index (χ2n) is 6.46. The molecule has 0 saturated heterocycles. The zero-order chi connectivity index (χ0) is 17.0. The highest BCUT2D eigenvalue weighted by atomic mass is 16.6. The van der Waals surface area contributed by atoms with Crippen molar-refractivity contribution < 1.29 is 19.1 Å². The second-order valence-corrected chi connectivity index (χ2v) is 6.46. The maximum Gasteiger partial charge on any atom is 0.417 e. The van der Waals surface area contributed by atoms with Crippen molar-refractivity contribution in [2.75, 3.05) is 0 Å². The molecule has 0 spiro atoms. The maximum absolute atomic E-state index is 12.4. The molecule has 5 heteroatoms. The maximum atomic E-state index is 12.4. The average Bonchev–Trinajstić information content (AvgIpc) is 2.85. The third kappa shape index (κ3) is 4.06. The van der Waals surface area contributed by atoms with Gasteiger partial charge in [-0.2, -0.15) is 0 Å². The molecular formula is C18H21NO4. The van der Waals surface area contributed by atoms with Gasteiger partial charge in [-0.05, 0) is 26.3 Å². The molecule has 0 unspecified atom stereocenters.